The maximum atomic E-state index is 13.1. The molecule has 0 atom stereocenters. The number of aromatic nitrogens is 3. The summed E-state index contributed by atoms with van der Waals surface area (Å²) in [6.07, 6.45) is 0. The molecule has 0 saturated heterocycles. The van der Waals surface area contributed by atoms with Crippen LogP contribution in [0.1, 0.15) is 21.7 Å². The van der Waals surface area contributed by atoms with Crippen LogP contribution >= 0.6 is 11.6 Å². The van der Waals surface area contributed by atoms with Crippen LogP contribution in [0.15, 0.2) is 84.9 Å². The first-order chi connectivity index (χ1) is 16.0. The highest BCUT2D eigenvalue weighted by Gasteiger charge is 2.19. The van der Waals surface area contributed by atoms with Crippen LogP contribution in [0.4, 0.5) is 5.69 Å². The second kappa shape index (κ2) is 8.52. The van der Waals surface area contributed by atoms with Gasteiger partial charge < -0.3 is 5.32 Å². The van der Waals surface area contributed by atoms with Gasteiger partial charge in [-0.1, -0.05) is 77.8 Å². The van der Waals surface area contributed by atoms with Crippen molar-refractivity contribution in [3.8, 4) is 17.1 Å². The van der Waals surface area contributed by atoms with Crippen molar-refractivity contribution in [3.63, 3.8) is 0 Å². The molecule has 0 aliphatic rings. The number of anilines is 1. The van der Waals surface area contributed by atoms with Gasteiger partial charge in [0.15, 0.2) is 5.82 Å². The van der Waals surface area contributed by atoms with Gasteiger partial charge in [-0.2, -0.15) is 0 Å². The Balaban J connectivity index is 1.54. The van der Waals surface area contributed by atoms with Crippen molar-refractivity contribution < 1.29 is 4.79 Å². The van der Waals surface area contributed by atoms with Gasteiger partial charge >= 0.3 is 0 Å². The molecule has 0 spiro atoms. The third-order valence-electron chi connectivity index (χ3n) is 5.53. The lowest BCUT2D eigenvalue weighted by molar-refractivity contribution is 0.101. The first kappa shape index (κ1) is 20.9. The van der Waals surface area contributed by atoms with E-state index in [0.717, 1.165) is 33.2 Å². The Morgan fingerprint density at radius 3 is 2.39 bits per heavy atom. The van der Waals surface area contributed by atoms with E-state index in [1.165, 1.54) is 0 Å². The number of amides is 1. The molecule has 1 amide bonds. The van der Waals surface area contributed by atoms with Crippen molar-refractivity contribution in [3.05, 3.63) is 107 Å². The van der Waals surface area contributed by atoms with Crippen LogP contribution in [-0.4, -0.2) is 20.7 Å². The van der Waals surface area contributed by atoms with Crippen molar-refractivity contribution in [2.75, 3.05) is 5.32 Å². The molecule has 5 aromatic rings. The van der Waals surface area contributed by atoms with E-state index in [1.54, 1.807) is 4.68 Å². The Kier molecular flexibility index (Phi) is 5.40. The van der Waals surface area contributed by atoms with Gasteiger partial charge in [0.25, 0.3) is 5.91 Å². The minimum Gasteiger partial charge on any atom is -0.319 e. The molecule has 0 aliphatic heterocycles. The maximum absolute atomic E-state index is 13.1. The molecular weight excluding hydrogens is 432 g/mol. The predicted molar refractivity (Wildman–Crippen MR) is 133 cm³/mol. The minimum atomic E-state index is -0.379. The quantitative estimate of drug-likeness (QED) is 0.333. The summed E-state index contributed by atoms with van der Waals surface area (Å²) in [6, 6.07) is 27.4. The molecule has 5 nitrogen and oxygen atoms in total. The number of halogens is 1. The van der Waals surface area contributed by atoms with Crippen molar-refractivity contribution in [1.29, 1.82) is 0 Å². The van der Waals surface area contributed by atoms with Gasteiger partial charge in [0.1, 0.15) is 0 Å². The average Bonchev–Trinajstić information content (AvgIpc) is 3.27. The molecule has 0 radical (unpaired) electrons. The van der Waals surface area contributed by atoms with E-state index in [0.29, 0.717) is 16.5 Å². The van der Waals surface area contributed by atoms with Crippen LogP contribution in [0.2, 0.25) is 5.02 Å². The number of nitrogens with zero attached hydrogens (tertiary/aromatic N) is 3. The molecule has 4 aromatic carbocycles. The number of nitrogens with one attached hydrogen (secondary N) is 1. The Morgan fingerprint density at radius 1 is 0.879 bits per heavy atom. The predicted octanol–water partition coefficient (Wildman–Crippen LogP) is 6.61. The highest BCUT2D eigenvalue weighted by Crippen LogP contribution is 2.26. The second-order valence-corrected chi connectivity index (χ2v) is 8.39. The molecule has 0 saturated carbocycles. The number of rotatable bonds is 4. The van der Waals surface area contributed by atoms with Gasteiger partial charge in [-0.3, -0.25) is 4.79 Å². The Bertz CT molecular complexity index is 1490. The Hall–Kier alpha value is -3.96. The van der Waals surface area contributed by atoms with Crippen molar-refractivity contribution in [1.82, 2.24) is 14.8 Å². The molecule has 0 bridgehead atoms. The van der Waals surface area contributed by atoms with Gasteiger partial charge in [-0.05, 0) is 54.4 Å². The zero-order valence-electron chi connectivity index (χ0n) is 18.2. The fourth-order valence-corrected chi connectivity index (χ4v) is 3.82. The standard InChI is InChI=1S/C27H21ClN4O/c1-17-7-10-20(11-8-17)26-30-25(31-32(26)23-14-9-18(2)24(28)16-23)27(33)29-22-13-12-19-5-3-4-6-21(19)15-22/h3-16H,1-2H3,(H,29,33). The first-order valence-electron chi connectivity index (χ1n) is 10.6. The molecular formula is C27H21ClN4O. The number of aryl methyl sites for hydroxylation is 2. The van der Waals surface area contributed by atoms with E-state index in [9.17, 15) is 4.79 Å². The second-order valence-electron chi connectivity index (χ2n) is 7.99. The summed E-state index contributed by atoms with van der Waals surface area (Å²) in [5.74, 6) is 0.268. The van der Waals surface area contributed by atoms with Gasteiger partial charge in [-0.15, -0.1) is 5.10 Å². The number of hydrogen-bond donors (Lipinski definition) is 1. The van der Waals surface area contributed by atoms with Crippen LogP contribution in [0.5, 0.6) is 0 Å². The zero-order valence-corrected chi connectivity index (χ0v) is 19.0. The fourth-order valence-electron chi connectivity index (χ4n) is 3.65. The summed E-state index contributed by atoms with van der Waals surface area (Å²) in [7, 11) is 0. The number of fused-ring (bicyclic) bond motifs is 1. The molecule has 1 heterocycles. The summed E-state index contributed by atoms with van der Waals surface area (Å²) in [5, 5.41) is 10.2. The summed E-state index contributed by atoms with van der Waals surface area (Å²) < 4.78 is 1.66. The molecule has 0 fully saturated rings. The minimum absolute atomic E-state index is 0.0791. The highest BCUT2D eigenvalue weighted by atomic mass is 35.5. The smallest absolute Gasteiger partial charge is 0.295 e. The number of carbonyl (C=O) groups excluding carboxylic acids is 1. The van der Waals surface area contributed by atoms with Gasteiger partial charge in [-0.25, -0.2) is 9.67 Å². The van der Waals surface area contributed by atoms with E-state index in [1.807, 2.05) is 98.8 Å². The van der Waals surface area contributed by atoms with Crippen LogP contribution in [0.3, 0.4) is 0 Å². The third-order valence-corrected chi connectivity index (χ3v) is 5.93. The molecule has 162 valence electrons. The molecule has 0 aliphatic carbocycles. The van der Waals surface area contributed by atoms with E-state index < -0.39 is 0 Å². The monoisotopic (exact) mass is 452 g/mol. The fraction of sp³-hybridized carbons (Fsp3) is 0.0741. The van der Waals surface area contributed by atoms with Crippen LogP contribution in [-0.2, 0) is 0 Å². The number of benzene rings is 4. The van der Waals surface area contributed by atoms with Crippen molar-refractivity contribution in [2.24, 2.45) is 0 Å². The molecule has 1 aromatic heterocycles. The highest BCUT2D eigenvalue weighted by molar-refractivity contribution is 6.31. The summed E-state index contributed by atoms with van der Waals surface area (Å²) in [6.45, 7) is 3.97. The lowest BCUT2D eigenvalue weighted by Crippen LogP contribution is -2.14. The first-order valence-corrected chi connectivity index (χ1v) is 11.0. The number of carbonyl (C=O) groups is 1. The SMILES string of the molecule is Cc1ccc(-c2nc(C(=O)Nc3ccc4ccccc4c3)nn2-c2ccc(C)c(Cl)c2)cc1. The van der Waals surface area contributed by atoms with Crippen LogP contribution in [0.25, 0.3) is 27.8 Å². The van der Waals surface area contributed by atoms with Crippen LogP contribution in [0, 0.1) is 13.8 Å². The Labute approximate surface area is 196 Å². The number of hydrogen-bond acceptors (Lipinski definition) is 3. The molecule has 0 unspecified atom stereocenters. The van der Waals surface area contributed by atoms with Gasteiger partial charge in [0.2, 0.25) is 5.82 Å². The van der Waals surface area contributed by atoms with E-state index >= 15 is 0 Å². The van der Waals surface area contributed by atoms with Crippen molar-refractivity contribution >= 4 is 34.0 Å². The largest absolute Gasteiger partial charge is 0.319 e. The topological polar surface area (TPSA) is 59.8 Å². The molecule has 1 N–H and O–H groups in total. The Morgan fingerprint density at radius 2 is 1.64 bits per heavy atom. The van der Waals surface area contributed by atoms with Crippen LogP contribution < -0.4 is 5.32 Å². The lowest BCUT2D eigenvalue weighted by atomic mass is 10.1. The third kappa shape index (κ3) is 4.23. The van der Waals surface area contributed by atoms with E-state index in [-0.39, 0.29) is 11.7 Å². The maximum Gasteiger partial charge on any atom is 0.295 e. The normalized spacial score (nSPS) is 11.0. The van der Waals surface area contributed by atoms with Gasteiger partial charge in [0, 0.05) is 16.3 Å². The van der Waals surface area contributed by atoms with Crippen molar-refractivity contribution in [2.45, 2.75) is 13.8 Å². The molecule has 33 heavy (non-hydrogen) atoms. The van der Waals surface area contributed by atoms with E-state index in [2.05, 4.69) is 15.4 Å². The molecule has 6 heteroatoms. The average molecular weight is 453 g/mol. The summed E-state index contributed by atoms with van der Waals surface area (Å²) in [5.41, 5.74) is 4.38. The molecule has 5 rings (SSSR count). The van der Waals surface area contributed by atoms with Gasteiger partial charge in [0.05, 0.1) is 5.69 Å². The van der Waals surface area contributed by atoms with E-state index in [4.69, 9.17) is 11.6 Å². The summed E-state index contributed by atoms with van der Waals surface area (Å²) >= 11 is 6.37. The summed E-state index contributed by atoms with van der Waals surface area (Å²) in [4.78, 5) is 17.7. The zero-order chi connectivity index (χ0) is 22.9. The lowest BCUT2D eigenvalue weighted by Gasteiger charge is -2.08.